The van der Waals surface area contributed by atoms with E-state index in [1.807, 2.05) is 0 Å². The number of nitrogens with one attached hydrogen (secondary N) is 1. The van der Waals surface area contributed by atoms with Gasteiger partial charge in [0.1, 0.15) is 12.2 Å². The highest BCUT2D eigenvalue weighted by Gasteiger charge is 2.20. The normalized spacial score (nSPS) is 11.9. The van der Waals surface area contributed by atoms with Crippen LogP contribution in [0.15, 0.2) is 29.2 Å². The Kier molecular flexibility index (Phi) is 8.26. The fourth-order valence-corrected chi connectivity index (χ4v) is 3.37. The van der Waals surface area contributed by atoms with Crippen molar-refractivity contribution in [1.29, 1.82) is 0 Å². The van der Waals surface area contributed by atoms with Crippen LogP contribution in [0.1, 0.15) is 5.56 Å². The summed E-state index contributed by atoms with van der Waals surface area (Å²) >= 11 is 11.9. The first kappa shape index (κ1) is 24.6. The van der Waals surface area contributed by atoms with Crippen LogP contribution in [0.4, 0.5) is 5.95 Å². The average molecular weight is 508 g/mol. The molecular weight excluding hydrogens is 488 g/mol. The number of rotatable bonds is 11. The molecule has 174 valence electrons. The highest BCUT2D eigenvalue weighted by molar-refractivity contribution is 7.46. The molecular formula is C17H20Cl2N5O7P. The van der Waals surface area contributed by atoms with Gasteiger partial charge in [-0.1, -0.05) is 29.3 Å². The van der Waals surface area contributed by atoms with Gasteiger partial charge in [-0.05, 0) is 17.7 Å². The minimum absolute atomic E-state index is 0.0121. The Hall–Kier alpha value is -2.02. The molecule has 0 fully saturated rings. The predicted octanol–water partition coefficient (Wildman–Crippen LogP) is 1.59. The highest BCUT2D eigenvalue weighted by Crippen LogP contribution is 2.36. The topological polar surface area (TPSA) is 161 Å². The summed E-state index contributed by atoms with van der Waals surface area (Å²) < 4.78 is 23.2. The van der Waals surface area contributed by atoms with E-state index in [0.717, 1.165) is 10.1 Å². The van der Waals surface area contributed by atoms with Crippen LogP contribution in [0.5, 0.6) is 0 Å². The Morgan fingerprint density at radius 2 is 1.97 bits per heavy atom. The Bertz CT molecular complexity index is 1200. The van der Waals surface area contributed by atoms with E-state index in [0.29, 0.717) is 10.0 Å². The van der Waals surface area contributed by atoms with E-state index in [2.05, 4.69) is 19.9 Å². The third-order valence-electron chi connectivity index (χ3n) is 4.22. The first-order valence-electron chi connectivity index (χ1n) is 9.22. The molecule has 3 rings (SSSR count). The van der Waals surface area contributed by atoms with Crippen molar-refractivity contribution >= 4 is 48.0 Å². The number of halogens is 2. The molecule has 2 heterocycles. The summed E-state index contributed by atoms with van der Waals surface area (Å²) in [5, 5.41) is 16.6. The number of ether oxygens (including phenoxy) is 1. The number of nitrogens with zero attached hydrogens (tertiary/aromatic N) is 4. The van der Waals surface area contributed by atoms with Crippen LogP contribution in [0.25, 0.3) is 11.0 Å². The molecule has 12 nitrogen and oxygen atoms in total. The molecule has 0 aliphatic rings. The van der Waals surface area contributed by atoms with Gasteiger partial charge < -0.3 is 24.9 Å². The van der Waals surface area contributed by atoms with Gasteiger partial charge in [-0.25, -0.2) is 9.55 Å². The molecule has 0 saturated heterocycles. The fraction of sp³-hybridized carbons (Fsp3) is 0.353. The molecule has 0 saturated carbocycles. The molecule has 4 N–H and O–H groups in total. The Balaban J connectivity index is 1.93. The molecule has 2 aromatic heterocycles. The number of aliphatic hydroxyl groups excluding tert-OH is 1. The van der Waals surface area contributed by atoms with Crippen LogP contribution in [0.2, 0.25) is 10.0 Å². The maximum atomic E-state index is 13.1. The molecule has 0 spiro atoms. The van der Waals surface area contributed by atoms with Crippen LogP contribution < -0.4 is 10.9 Å². The number of aliphatic hydroxyl groups is 1. The van der Waals surface area contributed by atoms with Gasteiger partial charge in [0.05, 0.1) is 42.6 Å². The number of aromatic nitrogens is 4. The molecule has 0 amide bonds. The Labute approximate surface area is 191 Å². The summed E-state index contributed by atoms with van der Waals surface area (Å²) in [7, 11) is -4.86. The van der Waals surface area contributed by atoms with Crippen molar-refractivity contribution in [3.8, 4) is 0 Å². The monoisotopic (exact) mass is 507 g/mol. The van der Waals surface area contributed by atoms with Gasteiger partial charge in [-0.2, -0.15) is 5.10 Å². The summed E-state index contributed by atoms with van der Waals surface area (Å²) in [6.45, 7) is -0.166. The summed E-state index contributed by atoms with van der Waals surface area (Å²) in [6, 6.07) is 4.97. The van der Waals surface area contributed by atoms with Gasteiger partial charge in [0.15, 0.2) is 5.52 Å². The zero-order valence-corrected chi connectivity index (χ0v) is 18.9. The molecule has 0 unspecified atom stereocenters. The number of hydrogen-bond donors (Lipinski definition) is 4. The second kappa shape index (κ2) is 10.7. The summed E-state index contributed by atoms with van der Waals surface area (Å²) in [5.74, 6) is 0.0121. The van der Waals surface area contributed by atoms with Crippen molar-refractivity contribution in [3.63, 3.8) is 0 Å². The zero-order chi connectivity index (χ0) is 23.3. The van der Waals surface area contributed by atoms with Crippen molar-refractivity contribution in [2.75, 3.05) is 25.1 Å². The molecule has 0 aliphatic carbocycles. The minimum Gasteiger partial charge on any atom is -0.394 e. The van der Waals surface area contributed by atoms with E-state index in [-0.39, 0.29) is 49.9 Å². The van der Waals surface area contributed by atoms with Crippen LogP contribution in [-0.4, -0.2) is 54.0 Å². The van der Waals surface area contributed by atoms with E-state index in [1.54, 1.807) is 18.2 Å². The largest absolute Gasteiger partial charge is 0.471 e. The number of anilines is 1. The molecule has 0 bridgehead atoms. The fourth-order valence-electron chi connectivity index (χ4n) is 2.78. The number of phosphoric acid groups is 1. The van der Waals surface area contributed by atoms with Crippen molar-refractivity contribution in [2.24, 2.45) is 0 Å². The SMILES string of the molecule is O=c1c2c(cnn2CCOCCO)nc(NCc2ccc(Cl)c(Cl)c2)n1COP(=O)(O)O. The van der Waals surface area contributed by atoms with E-state index in [4.69, 9.17) is 42.8 Å². The number of phosphoric ester groups is 1. The maximum Gasteiger partial charge on any atom is 0.471 e. The Morgan fingerprint density at radius 3 is 2.66 bits per heavy atom. The van der Waals surface area contributed by atoms with Crippen molar-refractivity contribution in [2.45, 2.75) is 19.8 Å². The van der Waals surface area contributed by atoms with E-state index >= 15 is 0 Å². The van der Waals surface area contributed by atoms with Crippen LogP contribution in [-0.2, 0) is 33.6 Å². The first-order valence-corrected chi connectivity index (χ1v) is 11.5. The molecule has 1 aromatic carbocycles. The number of hydrogen-bond acceptors (Lipinski definition) is 8. The lowest BCUT2D eigenvalue weighted by Gasteiger charge is -2.15. The summed E-state index contributed by atoms with van der Waals surface area (Å²) in [6.07, 6.45) is 1.39. The lowest BCUT2D eigenvalue weighted by molar-refractivity contribution is 0.0859. The van der Waals surface area contributed by atoms with E-state index in [1.165, 1.54) is 10.9 Å². The van der Waals surface area contributed by atoms with Crippen molar-refractivity contribution in [1.82, 2.24) is 19.3 Å². The third kappa shape index (κ3) is 6.27. The molecule has 3 aromatic rings. The van der Waals surface area contributed by atoms with Gasteiger partial charge in [0, 0.05) is 6.54 Å². The second-order valence-electron chi connectivity index (χ2n) is 6.46. The average Bonchev–Trinajstić information content (AvgIpc) is 3.14. The van der Waals surface area contributed by atoms with E-state index < -0.39 is 20.1 Å². The Morgan fingerprint density at radius 1 is 1.19 bits per heavy atom. The lowest BCUT2D eigenvalue weighted by Crippen LogP contribution is -2.27. The second-order valence-corrected chi connectivity index (χ2v) is 8.51. The highest BCUT2D eigenvalue weighted by atomic mass is 35.5. The molecule has 0 radical (unpaired) electrons. The molecule has 32 heavy (non-hydrogen) atoms. The lowest BCUT2D eigenvalue weighted by atomic mass is 10.2. The minimum atomic E-state index is -4.86. The maximum absolute atomic E-state index is 13.1. The molecule has 15 heteroatoms. The zero-order valence-electron chi connectivity index (χ0n) is 16.5. The van der Waals surface area contributed by atoms with E-state index in [9.17, 15) is 9.36 Å². The molecule has 0 atom stereocenters. The number of benzene rings is 1. The third-order valence-corrected chi connectivity index (χ3v) is 5.41. The summed E-state index contributed by atoms with van der Waals surface area (Å²) in [5.41, 5.74) is 0.473. The smallest absolute Gasteiger partial charge is 0.394 e. The van der Waals surface area contributed by atoms with Gasteiger partial charge in [0.2, 0.25) is 5.95 Å². The summed E-state index contributed by atoms with van der Waals surface area (Å²) in [4.78, 5) is 35.6. The van der Waals surface area contributed by atoms with Crippen LogP contribution in [0, 0.1) is 0 Å². The standard InChI is InChI=1S/C17H20Cl2N5O7P/c18-12-2-1-11(7-13(12)19)8-20-17-22-14-9-21-24(3-5-30-6-4-25)15(14)16(26)23(17)10-31-32(27,28)29/h1-2,7,9,25H,3-6,8,10H2,(H,20,22)(H2,27,28,29). The van der Waals surface area contributed by atoms with Gasteiger partial charge in [0.25, 0.3) is 5.56 Å². The van der Waals surface area contributed by atoms with Crippen LogP contribution >= 0.6 is 31.0 Å². The van der Waals surface area contributed by atoms with Gasteiger partial charge in [-0.15, -0.1) is 0 Å². The molecule has 0 aliphatic heterocycles. The van der Waals surface area contributed by atoms with Crippen molar-refractivity contribution < 1.29 is 28.7 Å². The number of fused-ring (bicyclic) bond motifs is 1. The first-order chi connectivity index (χ1) is 15.2. The quantitative estimate of drug-likeness (QED) is 0.221. The van der Waals surface area contributed by atoms with Crippen molar-refractivity contribution in [3.05, 3.63) is 50.4 Å². The van der Waals surface area contributed by atoms with Gasteiger partial charge >= 0.3 is 7.82 Å². The van der Waals surface area contributed by atoms with Gasteiger partial charge in [-0.3, -0.25) is 18.6 Å². The van der Waals surface area contributed by atoms with Crippen LogP contribution in [0.3, 0.4) is 0 Å². The predicted molar refractivity (Wildman–Crippen MR) is 117 cm³/mol.